The summed E-state index contributed by atoms with van der Waals surface area (Å²) < 4.78 is 10.7. The van der Waals surface area contributed by atoms with Crippen LogP contribution in [0.5, 0.6) is 0 Å². The summed E-state index contributed by atoms with van der Waals surface area (Å²) in [6, 6.07) is 0. The molecule has 92 valence electrons. The largest absolute Gasteiger partial charge is 0.382 e. The lowest BCUT2D eigenvalue weighted by Crippen LogP contribution is -2.36. The molecule has 0 bridgehead atoms. The Morgan fingerprint density at radius 2 is 1.53 bits per heavy atom. The molecule has 0 aliphatic carbocycles. The molecule has 0 saturated carbocycles. The Hall–Kier alpha value is -0.120. The summed E-state index contributed by atoms with van der Waals surface area (Å²) in [5.74, 6) is 0. The quantitative estimate of drug-likeness (QED) is 0.601. The summed E-state index contributed by atoms with van der Waals surface area (Å²) in [4.78, 5) is 0. The third kappa shape index (κ3) is 13.9. The zero-order chi connectivity index (χ0) is 11.6. The second kappa shape index (κ2) is 9.13. The van der Waals surface area contributed by atoms with Gasteiger partial charge in [0.1, 0.15) is 0 Å². The van der Waals surface area contributed by atoms with Crippen molar-refractivity contribution in [2.75, 3.05) is 33.0 Å². The topological polar surface area (TPSA) is 30.5 Å². The van der Waals surface area contributed by atoms with Gasteiger partial charge >= 0.3 is 0 Å². The summed E-state index contributed by atoms with van der Waals surface area (Å²) in [7, 11) is 0. The molecule has 3 heteroatoms. The van der Waals surface area contributed by atoms with Crippen molar-refractivity contribution < 1.29 is 9.47 Å². The first-order valence-electron chi connectivity index (χ1n) is 5.97. The van der Waals surface area contributed by atoms with Gasteiger partial charge in [-0.3, -0.25) is 0 Å². The summed E-state index contributed by atoms with van der Waals surface area (Å²) in [5.41, 5.74) is 0.217. The average Bonchev–Trinajstić information content (AvgIpc) is 2.14. The van der Waals surface area contributed by atoms with Gasteiger partial charge in [0.25, 0.3) is 0 Å². The lowest BCUT2D eigenvalue weighted by molar-refractivity contribution is 0.0864. The van der Waals surface area contributed by atoms with Crippen LogP contribution in [0.2, 0.25) is 0 Å². The fourth-order valence-corrected chi connectivity index (χ4v) is 1.15. The molecule has 0 aromatic heterocycles. The van der Waals surface area contributed by atoms with Gasteiger partial charge in [-0.1, -0.05) is 0 Å². The lowest BCUT2D eigenvalue weighted by Gasteiger charge is -2.20. The highest BCUT2D eigenvalue weighted by molar-refractivity contribution is 4.69. The molecule has 0 aliphatic heterocycles. The van der Waals surface area contributed by atoms with E-state index in [1.807, 2.05) is 6.92 Å². The van der Waals surface area contributed by atoms with Gasteiger partial charge in [0.2, 0.25) is 0 Å². The maximum Gasteiger partial charge on any atom is 0.0487 e. The van der Waals surface area contributed by atoms with E-state index < -0.39 is 0 Å². The summed E-state index contributed by atoms with van der Waals surface area (Å²) in [6.45, 7) is 12.8. The van der Waals surface area contributed by atoms with E-state index in [0.717, 1.165) is 45.8 Å². The van der Waals surface area contributed by atoms with Crippen LogP contribution >= 0.6 is 0 Å². The first-order valence-corrected chi connectivity index (χ1v) is 5.97. The second-order valence-electron chi connectivity index (χ2n) is 4.69. The first-order chi connectivity index (χ1) is 7.06. The highest BCUT2D eigenvalue weighted by Crippen LogP contribution is 1.98. The molecule has 0 heterocycles. The highest BCUT2D eigenvalue weighted by atomic mass is 16.5. The van der Waals surface area contributed by atoms with Crippen molar-refractivity contribution in [3.63, 3.8) is 0 Å². The summed E-state index contributed by atoms with van der Waals surface area (Å²) >= 11 is 0. The van der Waals surface area contributed by atoms with E-state index in [2.05, 4.69) is 26.1 Å². The third-order valence-electron chi connectivity index (χ3n) is 1.90. The Labute approximate surface area is 94.5 Å². The summed E-state index contributed by atoms with van der Waals surface area (Å²) in [6.07, 6.45) is 2.08. The van der Waals surface area contributed by atoms with Crippen LogP contribution in [0.25, 0.3) is 0 Å². The number of hydrogen-bond acceptors (Lipinski definition) is 3. The van der Waals surface area contributed by atoms with Crippen molar-refractivity contribution in [2.24, 2.45) is 0 Å². The molecular formula is C12H27NO2. The Balaban J connectivity index is 2.99. The van der Waals surface area contributed by atoms with E-state index in [1.54, 1.807) is 0 Å². The minimum Gasteiger partial charge on any atom is -0.382 e. The van der Waals surface area contributed by atoms with Crippen LogP contribution in [-0.2, 0) is 9.47 Å². The molecule has 0 spiro atoms. The van der Waals surface area contributed by atoms with Crippen LogP contribution in [-0.4, -0.2) is 38.5 Å². The molecule has 0 fully saturated rings. The molecule has 0 aromatic rings. The fourth-order valence-electron chi connectivity index (χ4n) is 1.15. The highest BCUT2D eigenvalue weighted by Gasteiger charge is 2.06. The van der Waals surface area contributed by atoms with Crippen molar-refractivity contribution >= 4 is 0 Å². The van der Waals surface area contributed by atoms with Crippen LogP contribution in [0.3, 0.4) is 0 Å². The van der Waals surface area contributed by atoms with Crippen LogP contribution in [0.15, 0.2) is 0 Å². The average molecular weight is 217 g/mol. The Morgan fingerprint density at radius 3 is 2.13 bits per heavy atom. The molecule has 0 radical (unpaired) electrons. The molecule has 1 N–H and O–H groups in total. The van der Waals surface area contributed by atoms with Gasteiger partial charge in [-0.2, -0.15) is 0 Å². The zero-order valence-corrected chi connectivity index (χ0v) is 10.8. The molecule has 3 nitrogen and oxygen atoms in total. The molecule has 0 amide bonds. The standard InChI is InChI=1S/C12H27NO2/c1-5-14-10-7-11-15-9-6-8-13-12(2,3)4/h13H,5-11H2,1-4H3. The van der Waals surface area contributed by atoms with Crippen molar-refractivity contribution in [1.82, 2.24) is 5.32 Å². The predicted octanol–water partition coefficient (Wildman–Crippen LogP) is 2.21. The van der Waals surface area contributed by atoms with Gasteiger partial charge in [0.15, 0.2) is 0 Å². The van der Waals surface area contributed by atoms with Gasteiger partial charge in [-0.25, -0.2) is 0 Å². The second-order valence-corrected chi connectivity index (χ2v) is 4.69. The number of nitrogens with one attached hydrogen (secondary N) is 1. The minimum atomic E-state index is 0.217. The lowest BCUT2D eigenvalue weighted by atomic mass is 10.1. The zero-order valence-electron chi connectivity index (χ0n) is 10.8. The van der Waals surface area contributed by atoms with Crippen molar-refractivity contribution in [3.05, 3.63) is 0 Å². The maximum atomic E-state index is 5.47. The van der Waals surface area contributed by atoms with E-state index >= 15 is 0 Å². The van der Waals surface area contributed by atoms with E-state index in [1.165, 1.54) is 0 Å². The van der Waals surface area contributed by atoms with Gasteiger partial charge in [0.05, 0.1) is 0 Å². The van der Waals surface area contributed by atoms with Crippen LogP contribution in [0, 0.1) is 0 Å². The predicted molar refractivity (Wildman–Crippen MR) is 64.3 cm³/mol. The van der Waals surface area contributed by atoms with Crippen LogP contribution in [0.1, 0.15) is 40.5 Å². The molecule has 0 unspecified atom stereocenters. The molecule has 0 saturated heterocycles. The Morgan fingerprint density at radius 1 is 0.933 bits per heavy atom. The molecule has 0 atom stereocenters. The first kappa shape index (κ1) is 14.9. The van der Waals surface area contributed by atoms with Crippen LogP contribution in [0.4, 0.5) is 0 Å². The molecule has 15 heavy (non-hydrogen) atoms. The molecule has 0 rings (SSSR count). The normalized spacial score (nSPS) is 12.0. The third-order valence-corrected chi connectivity index (χ3v) is 1.90. The van der Waals surface area contributed by atoms with Gasteiger partial charge in [0, 0.05) is 32.0 Å². The monoisotopic (exact) mass is 217 g/mol. The van der Waals surface area contributed by atoms with Crippen molar-refractivity contribution in [1.29, 1.82) is 0 Å². The number of hydrogen-bond donors (Lipinski definition) is 1. The maximum absolute atomic E-state index is 5.47. The fraction of sp³-hybridized carbons (Fsp3) is 1.00. The number of ether oxygens (including phenoxy) is 2. The van der Waals surface area contributed by atoms with Gasteiger partial charge in [-0.15, -0.1) is 0 Å². The SMILES string of the molecule is CCOCCCOCCCNC(C)(C)C. The molecular weight excluding hydrogens is 190 g/mol. The summed E-state index contributed by atoms with van der Waals surface area (Å²) in [5, 5.41) is 3.43. The van der Waals surface area contributed by atoms with Gasteiger partial charge in [-0.05, 0) is 47.1 Å². The van der Waals surface area contributed by atoms with Crippen molar-refractivity contribution in [3.8, 4) is 0 Å². The van der Waals surface area contributed by atoms with E-state index in [9.17, 15) is 0 Å². The van der Waals surface area contributed by atoms with Crippen LogP contribution < -0.4 is 5.32 Å². The van der Waals surface area contributed by atoms with Crippen molar-refractivity contribution in [2.45, 2.75) is 46.1 Å². The Kier molecular flexibility index (Phi) is 9.06. The van der Waals surface area contributed by atoms with E-state index in [-0.39, 0.29) is 5.54 Å². The molecule has 0 aliphatic rings. The minimum absolute atomic E-state index is 0.217. The smallest absolute Gasteiger partial charge is 0.0487 e. The van der Waals surface area contributed by atoms with E-state index in [4.69, 9.17) is 9.47 Å². The van der Waals surface area contributed by atoms with Gasteiger partial charge < -0.3 is 14.8 Å². The Bertz CT molecular complexity index is 132. The number of rotatable bonds is 9. The molecule has 0 aromatic carbocycles. The van der Waals surface area contributed by atoms with E-state index in [0.29, 0.717) is 0 Å².